The van der Waals surface area contributed by atoms with Gasteiger partial charge in [-0.05, 0) is 42.0 Å². The van der Waals surface area contributed by atoms with E-state index in [1.165, 1.54) is 10.9 Å². The van der Waals surface area contributed by atoms with Crippen molar-refractivity contribution >= 4 is 45.4 Å². The molecule has 0 aliphatic heterocycles. The summed E-state index contributed by atoms with van der Waals surface area (Å²) in [5.41, 5.74) is 4.65. The van der Waals surface area contributed by atoms with Crippen LogP contribution in [0.25, 0.3) is 27.5 Å². The standard InChI is InChI=1S/C19H15BBrNO2/c21-12-13-5-7-14(8-6-13)22-18-4-2-1-3-16(18)17-11-15(24-20-23)9-10-19(17)22/h1-11,20,23H,12H2. The van der Waals surface area contributed by atoms with Gasteiger partial charge in [0.1, 0.15) is 5.75 Å². The van der Waals surface area contributed by atoms with Crippen molar-refractivity contribution in [3.05, 3.63) is 72.3 Å². The number of rotatable bonds is 4. The van der Waals surface area contributed by atoms with Crippen molar-refractivity contribution in [1.29, 1.82) is 0 Å². The third-order valence-electron chi connectivity index (χ3n) is 4.22. The number of fused-ring (bicyclic) bond motifs is 3. The normalized spacial score (nSPS) is 11.1. The number of hydrogen-bond acceptors (Lipinski definition) is 2. The predicted octanol–water partition coefficient (Wildman–Crippen LogP) is 4.32. The lowest BCUT2D eigenvalue weighted by atomic mass is 10.1. The summed E-state index contributed by atoms with van der Waals surface area (Å²) in [6, 6.07) is 22.8. The maximum Gasteiger partial charge on any atom is 0.504 e. The lowest BCUT2D eigenvalue weighted by molar-refractivity contribution is 0.454. The van der Waals surface area contributed by atoms with Crippen LogP contribution in [0.1, 0.15) is 5.56 Å². The lowest BCUT2D eigenvalue weighted by Crippen LogP contribution is -1.99. The summed E-state index contributed by atoms with van der Waals surface area (Å²) in [5.74, 6) is 0.669. The number of benzene rings is 3. The Bertz CT molecular complexity index is 1010. The molecule has 0 saturated carbocycles. The molecule has 0 atom stereocenters. The van der Waals surface area contributed by atoms with E-state index in [2.05, 4.69) is 63.0 Å². The number of halogens is 1. The van der Waals surface area contributed by atoms with E-state index in [1.54, 1.807) is 0 Å². The summed E-state index contributed by atoms with van der Waals surface area (Å²) in [4.78, 5) is 0. The highest BCUT2D eigenvalue weighted by atomic mass is 79.9. The van der Waals surface area contributed by atoms with Crippen molar-refractivity contribution in [1.82, 2.24) is 4.57 Å². The molecule has 0 aliphatic carbocycles. The number of alkyl halides is 1. The van der Waals surface area contributed by atoms with E-state index in [9.17, 15) is 0 Å². The van der Waals surface area contributed by atoms with E-state index in [0.717, 1.165) is 27.4 Å². The third kappa shape index (κ3) is 2.50. The van der Waals surface area contributed by atoms with Crippen LogP contribution in [0.5, 0.6) is 5.75 Å². The minimum atomic E-state index is -0.321. The molecule has 118 valence electrons. The molecule has 3 aromatic carbocycles. The Morgan fingerprint density at radius 3 is 2.42 bits per heavy atom. The minimum absolute atomic E-state index is 0.321. The molecule has 0 amide bonds. The zero-order chi connectivity index (χ0) is 16.5. The van der Waals surface area contributed by atoms with Crippen LogP contribution >= 0.6 is 15.9 Å². The summed E-state index contributed by atoms with van der Waals surface area (Å²) < 4.78 is 7.50. The van der Waals surface area contributed by atoms with Crippen molar-refractivity contribution in [2.45, 2.75) is 5.33 Å². The number of aromatic nitrogens is 1. The van der Waals surface area contributed by atoms with Gasteiger partial charge in [-0.2, -0.15) is 0 Å². The molecule has 4 rings (SSSR count). The highest BCUT2D eigenvalue weighted by Crippen LogP contribution is 2.34. The fourth-order valence-corrected chi connectivity index (χ4v) is 3.50. The van der Waals surface area contributed by atoms with Gasteiger partial charge in [-0.3, -0.25) is 0 Å². The Hall–Kier alpha value is -2.24. The second-order valence-corrected chi connectivity index (χ2v) is 6.17. The fraction of sp³-hybridized carbons (Fsp3) is 0.0526. The van der Waals surface area contributed by atoms with Gasteiger partial charge in [0.25, 0.3) is 0 Å². The molecule has 0 aliphatic rings. The van der Waals surface area contributed by atoms with Crippen molar-refractivity contribution in [2.75, 3.05) is 0 Å². The van der Waals surface area contributed by atoms with Crippen LogP contribution in [-0.4, -0.2) is 17.3 Å². The number of nitrogens with zero attached hydrogens (tertiary/aromatic N) is 1. The van der Waals surface area contributed by atoms with Crippen LogP contribution in [0.4, 0.5) is 0 Å². The van der Waals surface area contributed by atoms with E-state index in [1.807, 2.05) is 24.3 Å². The van der Waals surface area contributed by atoms with Gasteiger partial charge < -0.3 is 14.2 Å². The monoisotopic (exact) mass is 379 g/mol. The highest BCUT2D eigenvalue weighted by Gasteiger charge is 2.12. The Morgan fingerprint density at radius 2 is 1.67 bits per heavy atom. The first kappa shape index (κ1) is 15.3. The van der Waals surface area contributed by atoms with Crippen LogP contribution in [0, 0.1) is 0 Å². The van der Waals surface area contributed by atoms with Gasteiger partial charge in [0.05, 0.1) is 11.0 Å². The molecule has 1 aromatic heterocycles. The van der Waals surface area contributed by atoms with Gasteiger partial charge >= 0.3 is 7.69 Å². The Morgan fingerprint density at radius 1 is 0.917 bits per heavy atom. The molecule has 1 N–H and O–H groups in total. The Labute approximate surface area is 148 Å². The molecule has 0 unspecified atom stereocenters. The molecule has 4 aromatic rings. The van der Waals surface area contributed by atoms with Gasteiger partial charge in [-0.25, -0.2) is 0 Å². The molecule has 0 spiro atoms. The first-order valence-electron chi connectivity index (χ1n) is 7.74. The average Bonchev–Trinajstić information content (AvgIpc) is 2.96. The summed E-state index contributed by atoms with van der Waals surface area (Å²) in [6.45, 7) is 0. The van der Waals surface area contributed by atoms with Gasteiger partial charge in [0, 0.05) is 21.8 Å². The summed E-state index contributed by atoms with van der Waals surface area (Å²) in [5, 5.41) is 12.1. The summed E-state index contributed by atoms with van der Waals surface area (Å²) in [7, 11) is -0.321. The van der Waals surface area contributed by atoms with Crippen LogP contribution in [0.2, 0.25) is 0 Å². The van der Waals surface area contributed by atoms with E-state index < -0.39 is 0 Å². The van der Waals surface area contributed by atoms with Crippen molar-refractivity contribution < 1.29 is 9.68 Å². The van der Waals surface area contributed by atoms with Gasteiger partial charge in [0.2, 0.25) is 0 Å². The molecule has 3 nitrogen and oxygen atoms in total. The van der Waals surface area contributed by atoms with Crippen LogP contribution in [0.15, 0.2) is 66.7 Å². The number of hydrogen-bond donors (Lipinski definition) is 1. The van der Waals surface area contributed by atoms with Crippen LogP contribution < -0.4 is 4.65 Å². The topological polar surface area (TPSA) is 34.4 Å². The molecule has 0 fully saturated rings. The van der Waals surface area contributed by atoms with Crippen molar-refractivity contribution in [3.63, 3.8) is 0 Å². The summed E-state index contributed by atoms with van der Waals surface area (Å²) in [6.07, 6.45) is 0. The second kappa shape index (κ2) is 6.34. The smallest absolute Gasteiger partial charge is 0.504 e. The Kier molecular flexibility index (Phi) is 4.04. The van der Waals surface area contributed by atoms with Gasteiger partial charge in [0.15, 0.2) is 0 Å². The van der Waals surface area contributed by atoms with E-state index in [0.29, 0.717) is 5.75 Å². The SMILES string of the molecule is OBOc1ccc2c(c1)c1ccccc1n2-c1ccc(CBr)cc1. The first-order valence-corrected chi connectivity index (χ1v) is 8.86. The molecule has 0 radical (unpaired) electrons. The molecule has 0 bridgehead atoms. The van der Waals surface area contributed by atoms with Crippen molar-refractivity contribution in [3.8, 4) is 11.4 Å². The van der Waals surface area contributed by atoms with Crippen LogP contribution in [-0.2, 0) is 5.33 Å². The maximum atomic E-state index is 9.01. The largest absolute Gasteiger partial charge is 0.539 e. The quantitative estimate of drug-likeness (QED) is 0.423. The molecule has 5 heteroatoms. The average molecular weight is 380 g/mol. The predicted molar refractivity (Wildman–Crippen MR) is 103 cm³/mol. The molecule has 0 saturated heterocycles. The molecule has 24 heavy (non-hydrogen) atoms. The number of para-hydroxylation sites is 1. The first-order chi connectivity index (χ1) is 11.8. The van der Waals surface area contributed by atoms with Crippen molar-refractivity contribution in [2.24, 2.45) is 0 Å². The minimum Gasteiger partial charge on any atom is -0.539 e. The fourth-order valence-electron chi connectivity index (χ4n) is 3.13. The second-order valence-electron chi connectivity index (χ2n) is 5.61. The lowest BCUT2D eigenvalue weighted by Gasteiger charge is -2.09. The highest BCUT2D eigenvalue weighted by molar-refractivity contribution is 9.08. The molecular weight excluding hydrogens is 365 g/mol. The summed E-state index contributed by atoms with van der Waals surface area (Å²) >= 11 is 3.49. The Balaban J connectivity index is 2.01. The molecular formula is C19H15BBrNO2. The van der Waals surface area contributed by atoms with Gasteiger partial charge in [-0.1, -0.05) is 46.3 Å². The van der Waals surface area contributed by atoms with E-state index >= 15 is 0 Å². The maximum absolute atomic E-state index is 9.01. The van der Waals surface area contributed by atoms with E-state index in [-0.39, 0.29) is 7.69 Å². The third-order valence-corrected chi connectivity index (χ3v) is 4.87. The zero-order valence-corrected chi connectivity index (χ0v) is 14.5. The molecule has 1 heterocycles. The van der Waals surface area contributed by atoms with E-state index in [4.69, 9.17) is 9.68 Å². The van der Waals surface area contributed by atoms with Crippen LogP contribution in [0.3, 0.4) is 0 Å². The van der Waals surface area contributed by atoms with Gasteiger partial charge in [-0.15, -0.1) is 0 Å². The zero-order valence-electron chi connectivity index (χ0n) is 12.9.